The Balaban J connectivity index is 1.64. The van der Waals surface area contributed by atoms with E-state index in [-0.39, 0.29) is 17.7 Å². The van der Waals surface area contributed by atoms with Gasteiger partial charge in [-0.15, -0.1) is 0 Å². The molecule has 0 unspecified atom stereocenters. The maximum Gasteiger partial charge on any atom is 0.257 e. The summed E-state index contributed by atoms with van der Waals surface area (Å²) < 4.78 is 5.59. The first-order valence-electron chi connectivity index (χ1n) is 9.15. The first-order valence-corrected chi connectivity index (χ1v) is 9.15. The highest BCUT2D eigenvalue weighted by molar-refractivity contribution is 5.97. The Morgan fingerprint density at radius 3 is 2.48 bits per heavy atom. The van der Waals surface area contributed by atoms with Gasteiger partial charge in [0.1, 0.15) is 5.75 Å². The Morgan fingerprint density at radius 1 is 1.04 bits per heavy atom. The number of hydrogen-bond donors (Lipinski definition) is 0. The van der Waals surface area contributed by atoms with Crippen molar-refractivity contribution in [1.29, 1.82) is 0 Å². The van der Waals surface area contributed by atoms with E-state index in [2.05, 4.69) is 12.2 Å². The molecule has 1 aromatic carbocycles. The molecule has 25 heavy (non-hydrogen) atoms. The number of ether oxygens (including phenoxy) is 1. The molecule has 2 aliphatic rings. The summed E-state index contributed by atoms with van der Waals surface area (Å²) in [4.78, 5) is 29.3. The summed E-state index contributed by atoms with van der Waals surface area (Å²) in [5.41, 5.74) is 0.601. The Labute approximate surface area is 149 Å². The second kappa shape index (κ2) is 8.19. The molecule has 1 aliphatic heterocycles. The van der Waals surface area contributed by atoms with E-state index in [1.165, 1.54) is 0 Å². The minimum absolute atomic E-state index is 0.0131. The van der Waals surface area contributed by atoms with Gasteiger partial charge in [-0.2, -0.15) is 0 Å². The third-order valence-corrected chi connectivity index (χ3v) is 4.87. The Hall–Kier alpha value is -2.30. The second-order valence-electron chi connectivity index (χ2n) is 6.54. The molecule has 1 aliphatic carbocycles. The highest BCUT2D eigenvalue weighted by Gasteiger charge is 2.28. The van der Waals surface area contributed by atoms with E-state index in [0.29, 0.717) is 37.6 Å². The topological polar surface area (TPSA) is 49.9 Å². The molecule has 1 saturated heterocycles. The van der Waals surface area contributed by atoms with Crippen molar-refractivity contribution in [2.75, 3.05) is 32.8 Å². The molecule has 1 aromatic rings. The zero-order valence-corrected chi connectivity index (χ0v) is 14.8. The number of allylic oxidation sites excluding steroid dienone is 2. The van der Waals surface area contributed by atoms with Crippen LogP contribution in [0.15, 0.2) is 36.4 Å². The third kappa shape index (κ3) is 4.03. The molecule has 0 saturated carbocycles. The summed E-state index contributed by atoms with van der Waals surface area (Å²) in [6.07, 6.45) is 6.68. The molecule has 5 nitrogen and oxygen atoms in total. The monoisotopic (exact) mass is 342 g/mol. The molecular formula is C20H26N2O3. The molecule has 0 bridgehead atoms. The Kier molecular flexibility index (Phi) is 5.74. The van der Waals surface area contributed by atoms with Crippen molar-refractivity contribution < 1.29 is 14.3 Å². The molecule has 0 atom stereocenters. The number of rotatable bonds is 4. The van der Waals surface area contributed by atoms with Crippen molar-refractivity contribution in [3.8, 4) is 5.75 Å². The van der Waals surface area contributed by atoms with Gasteiger partial charge in [0.2, 0.25) is 5.91 Å². The summed E-state index contributed by atoms with van der Waals surface area (Å²) in [7, 11) is 0. The van der Waals surface area contributed by atoms with Crippen molar-refractivity contribution in [1.82, 2.24) is 9.80 Å². The number of benzene rings is 1. The average Bonchev–Trinajstić information content (AvgIpc) is 3.06. The van der Waals surface area contributed by atoms with Gasteiger partial charge >= 0.3 is 0 Å². The second-order valence-corrected chi connectivity index (χ2v) is 6.54. The van der Waals surface area contributed by atoms with Gasteiger partial charge in [-0.25, -0.2) is 0 Å². The number of carbonyl (C=O) groups is 2. The first kappa shape index (κ1) is 17.5. The van der Waals surface area contributed by atoms with Gasteiger partial charge in [0, 0.05) is 32.1 Å². The van der Waals surface area contributed by atoms with Crippen LogP contribution >= 0.6 is 0 Å². The zero-order valence-electron chi connectivity index (χ0n) is 14.8. The minimum atomic E-state index is -0.0131. The van der Waals surface area contributed by atoms with Crippen molar-refractivity contribution in [2.24, 2.45) is 5.92 Å². The van der Waals surface area contributed by atoms with Crippen LogP contribution in [0.3, 0.4) is 0 Å². The SMILES string of the molecule is CCOc1ccccc1C(=O)N1CCCN(C(=O)C2CC=CC2)CC1. The van der Waals surface area contributed by atoms with Crippen molar-refractivity contribution >= 4 is 11.8 Å². The van der Waals surface area contributed by atoms with Crippen LogP contribution in [0.1, 0.15) is 36.5 Å². The summed E-state index contributed by atoms with van der Waals surface area (Å²) in [5.74, 6) is 0.944. The minimum Gasteiger partial charge on any atom is -0.493 e. The van der Waals surface area contributed by atoms with Gasteiger partial charge in [0.15, 0.2) is 0 Å². The molecule has 0 radical (unpaired) electrons. The summed E-state index contributed by atoms with van der Waals surface area (Å²) >= 11 is 0. The number of hydrogen-bond acceptors (Lipinski definition) is 3. The van der Waals surface area contributed by atoms with Gasteiger partial charge in [0.25, 0.3) is 5.91 Å². The predicted octanol–water partition coefficient (Wildman–Crippen LogP) is 2.73. The average molecular weight is 342 g/mol. The maximum atomic E-state index is 12.9. The Morgan fingerprint density at radius 2 is 1.72 bits per heavy atom. The zero-order chi connectivity index (χ0) is 17.6. The molecule has 134 valence electrons. The van der Waals surface area contributed by atoms with Crippen LogP contribution in [0.2, 0.25) is 0 Å². The van der Waals surface area contributed by atoms with E-state index in [9.17, 15) is 9.59 Å². The lowest BCUT2D eigenvalue weighted by atomic mass is 10.1. The first-order chi connectivity index (χ1) is 12.2. The highest BCUT2D eigenvalue weighted by Crippen LogP contribution is 2.23. The molecule has 5 heteroatoms. The molecule has 3 rings (SSSR count). The molecular weight excluding hydrogens is 316 g/mol. The fourth-order valence-electron chi connectivity index (χ4n) is 3.51. The van der Waals surface area contributed by atoms with E-state index in [4.69, 9.17) is 4.74 Å². The van der Waals surface area contributed by atoms with Gasteiger partial charge in [-0.3, -0.25) is 9.59 Å². The lowest BCUT2D eigenvalue weighted by Crippen LogP contribution is -2.39. The molecule has 2 amide bonds. The number of para-hydroxylation sites is 1. The van der Waals surface area contributed by atoms with E-state index in [1.807, 2.05) is 41.0 Å². The van der Waals surface area contributed by atoms with Crippen molar-refractivity contribution in [3.63, 3.8) is 0 Å². The van der Waals surface area contributed by atoms with E-state index < -0.39 is 0 Å². The lowest BCUT2D eigenvalue weighted by molar-refractivity contribution is -0.135. The van der Waals surface area contributed by atoms with Crippen LogP contribution in [-0.2, 0) is 4.79 Å². The van der Waals surface area contributed by atoms with Crippen LogP contribution < -0.4 is 4.74 Å². The molecule has 0 aromatic heterocycles. The molecule has 0 spiro atoms. The van der Waals surface area contributed by atoms with Crippen LogP contribution in [0.25, 0.3) is 0 Å². The number of amides is 2. The van der Waals surface area contributed by atoms with Crippen molar-refractivity contribution in [2.45, 2.75) is 26.2 Å². The summed E-state index contributed by atoms with van der Waals surface area (Å²) in [6, 6.07) is 7.37. The van der Waals surface area contributed by atoms with Crippen LogP contribution in [0.4, 0.5) is 0 Å². The fourth-order valence-corrected chi connectivity index (χ4v) is 3.51. The third-order valence-electron chi connectivity index (χ3n) is 4.87. The highest BCUT2D eigenvalue weighted by atomic mass is 16.5. The lowest BCUT2D eigenvalue weighted by Gasteiger charge is -2.25. The van der Waals surface area contributed by atoms with Crippen molar-refractivity contribution in [3.05, 3.63) is 42.0 Å². The van der Waals surface area contributed by atoms with Gasteiger partial charge in [-0.05, 0) is 38.3 Å². The normalized spacial score (nSPS) is 18.3. The standard InChI is InChI=1S/C20H26N2O3/c1-2-25-18-11-6-5-10-17(18)20(24)22-13-7-12-21(14-15-22)19(23)16-8-3-4-9-16/h3-6,10-11,16H,2,7-9,12-15H2,1H3. The molecule has 0 N–H and O–H groups in total. The molecule has 1 fully saturated rings. The smallest absolute Gasteiger partial charge is 0.257 e. The van der Waals surface area contributed by atoms with Crippen LogP contribution in [0, 0.1) is 5.92 Å². The number of nitrogens with zero attached hydrogens (tertiary/aromatic N) is 2. The van der Waals surface area contributed by atoms with Gasteiger partial charge in [-0.1, -0.05) is 24.3 Å². The van der Waals surface area contributed by atoms with E-state index >= 15 is 0 Å². The predicted molar refractivity (Wildman–Crippen MR) is 96.6 cm³/mol. The Bertz CT molecular complexity index is 648. The fraction of sp³-hybridized carbons (Fsp3) is 0.500. The number of carbonyl (C=O) groups excluding carboxylic acids is 2. The maximum absolute atomic E-state index is 12.9. The van der Waals surface area contributed by atoms with Gasteiger partial charge < -0.3 is 14.5 Å². The molecule has 1 heterocycles. The van der Waals surface area contributed by atoms with Gasteiger partial charge in [0.05, 0.1) is 12.2 Å². The van der Waals surface area contributed by atoms with E-state index in [1.54, 1.807) is 0 Å². The summed E-state index contributed by atoms with van der Waals surface area (Å²) in [6.45, 7) is 5.03. The van der Waals surface area contributed by atoms with Crippen LogP contribution in [0.5, 0.6) is 5.75 Å². The largest absolute Gasteiger partial charge is 0.493 e. The van der Waals surface area contributed by atoms with Crippen LogP contribution in [-0.4, -0.2) is 54.4 Å². The summed E-state index contributed by atoms with van der Waals surface area (Å²) in [5, 5.41) is 0. The quantitative estimate of drug-likeness (QED) is 0.791. The van der Waals surface area contributed by atoms with E-state index in [0.717, 1.165) is 25.8 Å².